The van der Waals surface area contributed by atoms with Crippen molar-refractivity contribution in [3.8, 4) is 5.75 Å². The summed E-state index contributed by atoms with van der Waals surface area (Å²) in [6.45, 7) is 2.41. The van der Waals surface area contributed by atoms with Crippen LogP contribution < -0.4 is 15.4 Å². The minimum Gasteiger partial charge on any atom is -0.492 e. The second-order valence-electron chi connectivity index (χ2n) is 5.42. The van der Waals surface area contributed by atoms with Gasteiger partial charge in [-0.2, -0.15) is 0 Å². The quantitative estimate of drug-likeness (QED) is 0.682. The molecule has 0 bridgehead atoms. The Bertz CT molecular complexity index is 949. The highest BCUT2D eigenvalue weighted by Gasteiger charge is 2.11. The van der Waals surface area contributed by atoms with Crippen molar-refractivity contribution in [3.63, 3.8) is 0 Å². The molecule has 1 amide bonds. The number of halogens is 2. The predicted molar refractivity (Wildman–Crippen MR) is 97.2 cm³/mol. The summed E-state index contributed by atoms with van der Waals surface area (Å²) in [5.41, 5.74) is 0.865. The van der Waals surface area contributed by atoms with Crippen LogP contribution in [0.15, 0.2) is 54.9 Å². The molecule has 0 spiro atoms. The average molecular weight is 370 g/mol. The van der Waals surface area contributed by atoms with Crippen LogP contribution in [0.1, 0.15) is 17.4 Å². The SMILES string of the molecule is CCOc1ccccc1Nc1cnc(C(=O)Nc2ccc(F)c(F)c2)cn1. The van der Waals surface area contributed by atoms with Gasteiger partial charge in [0, 0.05) is 11.8 Å². The van der Waals surface area contributed by atoms with Gasteiger partial charge in [-0.3, -0.25) is 4.79 Å². The first-order chi connectivity index (χ1) is 13.1. The fourth-order valence-corrected chi connectivity index (χ4v) is 2.27. The van der Waals surface area contributed by atoms with Gasteiger partial charge < -0.3 is 15.4 Å². The summed E-state index contributed by atoms with van der Waals surface area (Å²) in [4.78, 5) is 20.3. The Morgan fingerprint density at radius 3 is 2.59 bits per heavy atom. The minimum atomic E-state index is -1.05. The molecule has 8 heteroatoms. The van der Waals surface area contributed by atoms with E-state index in [-0.39, 0.29) is 11.4 Å². The fourth-order valence-electron chi connectivity index (χ4n) is 2.27. The molecule has 0 atom stereocenters. The zero-order valence-corrected chi connectivity index (χ0v) is 14.4. The third-order valence-electron chi connectivity index (χ3n) is 3.51. The summed E-state index contributed by atoms with van der Waals surface area (Å²) < 4.78 is 31.7. The Hall–Kier alpha value is -3.55. The third-order valence-corrected chi connectivity index (χ3v) is 3.51. The van der Waals surface area contributed by atoms with Crippen LogP contribution in [0.5, 0.6) is 5.75 Å². The molecule has 0 saturated heterocycles. The molecule has 2 N–H and O–H groups in total. The molecule has 6 nitrogen and oxygen atoms in total. The van der Waals surface area contributed by atoms with Crippen molar-refractivity contribution in [1.29, 1.82) is 0 Å². The monoisotopic (exact) mass is 370 g/mol. The van der Waals surface area contributed by atoms with E-state index in [0.717, 1.165) is 12.1 Å². The molecule has 1 heterocycles. The van der Waals surface area contributed by atoms with E-state index in [1.807, 2.05) is 31.2 Å². The summed E-state index contributed by atoms with van der Waals surface area (Å²) in [6, 6.07) is 10.4. The molecule has 2 aromatic carbocycles. The number of benzene rings is 2. The predicted octanol–water partition coefficient (Wildman–Crippen LogP) is 4.15. The molecular weight excluding hydrogens is 354 g/mol. The second-order valence-corrected chi connectivity index (χ2v) is 5.42. The number of aromatic nitrogens is 2. The van der Waals surface area contributed by atoms with Gasteiger partial charge in [0.25, 0.3) is 5.91 Å². The summed E-state index contributed by atoms with van der Waals surface area (Å²) in [7, 11) is 0. The van der Waals surface area contributed by atoms with Crippen molar-refractivity contribution in [1.82, 2.24) is 9.97 Å². The number of carbonyl (C=O) groups excluding carboxylic acids is 1. The van der Waals surface area contributed by atoms with E-state index in [4.69, 9.17) is 4.74 Å². The molecular formula is C19H16F2N4O2. The summed E-state index contributed by atoms with van der Waals surface area (Å²) >= 11 is 0. The molecule has 1 aromatic heterocycles. The van der Waals surface area contributed by atoms with Gasteiger partial charge in [-0.25, -0.2) is 18.7 Å². The maximum Gasteiger partial charge on any atom is 0.275 e. The van der Waals surface area contributed by atoms with Gasteiger partial charge in [0.1, 0.15) is 17.3 Å². The lowest BCUT2D eigenvalue weighted by Gasteiger charge is -2.11. The Morgan fingerprint density at radius 2 is 1.89 bits per heavy atom. The maximum absolute atomic E-state index is 13.2. The number of hydrogen-bond donors (Lipinski definition) is 2. The van der Waals surface area contributed by atoms with E-state index in [0.29, 0.717) is 23.9 Å². The van der Waals surface area contributed by atoms with Gasteiger partial charge in [-0.15, -0.1) is 0 Å². The first-order valence-corrected chi connectivity index (χ1v) is 8.14. The van der Waals surface area contributed by atoms with Crippen LogP contribution in [-0.4, -0.2) is 22.5 Å². The van der Waals surface area contributed by atoms with Crippen LogP contribution in [0.25, 0.3) is 0 Å². The van der Waals surface area contributed by atoms with E-state index < -0.39 is 17.5 Å². The van der Waals surface area contributed by atoms with Gasteiger partial charge in [0.15, 0.2) is 11.6 Å². The molecule has 138 valence electrons. The first kappa shape index (κ1) is 18.2. The molecule has 0 aliphatic carbocycles. The number of anilines is 3. The zero-order valence-electron chi connectivity index (χ0n) is 14.4. The fraction of sp³-hybridized carbons (Fsp3) is 0.105. The van der Waals surface area contributed by atoms with Crippen molar-refractivity contribution >= 4 is 23.1 Å². The van der Waals surface area contributed by atoms with E-state index in [9.17, 15) is 13.6 Å². The van der Waals surface area contributed by atoms with Crippen LogP contribution in [-0.2, 0) is 0 Å². The third kappa shape index (κ3) is 4.55. The van der Waals surface area contributed by atoms with Crippen molar-refractivity contribution in [3.05, 3.63) is 72.2 Å². The second kappa shape index (κ2) is 8.22. The van der Waals surface area contributed by atoms with Crippen molar-refractivity contribution in [2.24, 2.45) is 0 Å². The highest BCUT2D eigenvalue weighted by Crippen LogP contribution is 2.26. The first-order valence-electron chi connectivity index (χ1n) is 8.14. The molecule has 0 fully saturated rings. The Morgan fingerprint density at radius 1 is 1.07 bits per heavy atom. The number of para-hydroxylation sites is 2. The summed E-state index contributed by atoms with van der Waals surface area (Å²) in [6.07, 6.45) is 2.67. The highest BCUT2D eigenvalue weighted by molar-refractivity contribution is 6.02. The number of carbonyl (C=O) groups is 1. The van der Waals surface area contributed by atoms with E-state index >= 15 is 0 Å². The van der Waals surface area contributed by atoms with Crippen molar-refractivity contribution < 1.29 is 18.3 Å². The lowest BCUT2D eigenvalue weighted by atomic mass is 10.3. The molecule has 0 aliphatic heterocycles. The highest BCUT2D eigenvalue weighted by atomic mass is 19.2. The molecule has 3 rings (SSSR count). The van der Waals surface area contributed by atoms with Crippen LogP contribution >= 0.6 is 0 Å². The Labute approximate surface area is 154 Å². The van der Waals surface area contributed by atoms with Gasteiger partial charge in [-0.05, 0) is 31.2 Å². The number of nitrogens with zero attached hydrogens (tertiary/aromatic N) is 2. The Balaban J connectivity index is 1.69. The number of nitrogens with one attached hydrogen (secondary N) is 2. The van der Waals surface area contributed by atoms with Crippen molar-refractivity contribution in [2.75, 3.05) is 17.2 Å². The van der Waals surface area contributed by atoms with Crippen LogP contribution in [0.3, 0.4) is 0 Å². The molecule has 0 saturated carbocycles. The molecule has 27 heavy (non-hydrogen) atoms. The minimum absolute atomic E-state index is 0.0309. The smallest absolute Gasteiger partial charge is 0.275 e. The maximum atomic E-state index is 13.2. The number of rotatable bonds is 6. The Kier molecular flexibility index (Phi) is 5.55. The van der Waals surface area contributed by atoms with E-state index in [1.54, 1.807) is 0 Å². The van der Waals surface area contributed by atoms with Gasteiger partial charge >= 0.3 is 0 Å². The summed E-state index contributed by atoms with van der Waals surface area (Å²) in [5, 5.41) is 5.50. The number of hydrogen-bond acceptors (Lipinski definition) is 5. The zero-order chi connectivity index (χ0) is 19.2. The van der Waals surface area contributed by atoms with Gasteiger partial charge in [0.2, 0.25) is 0 Å². The topological polar surface area (TPSA) is 76.1 Å². The molecule has 0 aliphatic rings. The number of ether oxygens (including phenoxy) is 1. The molecule has 0 unspecified atom stereocenters. The lowest BCUT2D eigenvalue weighted by Crippen LogP contribution is -2.14. The molecule has 3 aromatic rings. The molecule has 0 radical (unpaired) electrons. The standard InChI is InChI=1S/C19H16F2N4O2/c1-2-27-17-6-4-3-5-15(17)25-18-11-22-16(10-23-18)19(26)24-12-7-8-13(20)14(21)9-12/h3-11H,2H2,1H3,(H,23,25)(H,24,26). The van der Waals surface area contributed by atoms with E-state index in [2.05, 4.69) is 20.6 Å². The number of amides is 1. The normalized spacial score (nSPS) is 10.3. The van der Waals surface area contributed by atoms with Crippen LogP contribution in [0, 0.1) is 11.6 Å². The van der Waals surface area contributed by atoms with E-state index in [1.165, 1.54) is 18.5 Å². The largest absolute Gasteiger partial charge is 0.492 e. The van der Waals surface area contributed by atoms with Crippen LogP contribution in [0.4, 0.5) is 26.0 Å². The average Bonchev–Trinajstić information content (AvgIpc) is 2.67. The lowest BCUT2D eigenvalue weighted by molar-refractivity contribution is 0.102. The van der Waals surface area contributed by atoms with Gasteiger partial charge in [0.05, 0.1) is 24.7 Å². The summed E-state index contributed by atoms with van der Waals surface area (Å²) in [5.74, 6) is -1.54. The van der Waals surface area contributed by atoms with Crippen molar-refractivity contribution in [2.45, 2.75) is 6.92 Å². The van der Waals surface area contributed by atoms with Crippen LogP contribution in [0.2, 0.25) is 0 Å². The van der Waals surface area contributed by atoms with Gasteiger partial charge in [-0.1, -0.05) is 12.1 Å².